The number of halogens is 3. The largest absolute Gasteiger partial charge is 0.404 e. The predicted molar refractivity (Wildman–Crippen MR) is 65.7 cm³/mol. The number of aliphatic hydroxyl groups excluding tert-OH is 2. The summed E-state index contributed by atoms with van der Waals surface area (Å²) < 4.78 is 39.7. The number of rotatable bonds is 2. The summed E-state index contributed by atoms with van der Waals surface area (Å²) in [7, 11) is 0. The lowest BCUT2D eigenvalue weighted by molar-refractivity contribution is -0.217. The van der Waals surface area contributed by atoms with Crippen molar-refractivity contribution in [3.05, 3.63) is 35.9 Å². The summed E-state index contributed by atoms with van der Waals surface area (Å²) in [5, 5.41) is 19.6. The van der Waals surface area contributed by atoms with Crippen LogP contribution in [-0.4, -0.2) is 45.6 Å². The first-order valence-electron chi connectivity index (χ1n) is 6.62. The van der Waals surface area contributed by atoms with Crippen LogP contribution in [0.5, 0.6) is 0 Å². The molecule has 1 heterocycles. The fraction of sp³-hybridized carbons (Fsp3) is 0.571. The van der Waals surface area contributed by atoms with Gasteiger partial charge in [0.2, 0.25) is 0 Å². The van der Waals surface area contributed by atoms with Gasteiger partial charge in [0.05, 0.1) is 12.2 Å². The SMILES string of the molecule is OC1C(O)C2CC1[C@@H](C(F)(F)F)N2Cc1ccccc1. The third-order valence-corrected chi connectivity index (χ3v) is 4.43. The van der Waals surface area contributed by atoms with Gasteiger partial charge in [-0.05, 0) is 12.0 Å². The van der Waals surface area contributed by atoms with E-state index in [1.807, 2.05) is 0 Å². The molecule has 0 spiro atoms. The van der Waals surface area contributed by atoms with Crippen molar-refractivity contribution in [2.24, 2.45) is 5.92 Å². The molecule has 2 N–H and O–H groups in total. The van der Waals surface area contributed by atoms with Crippen molar-refractivity contribution in [1.29, 1.82) is 0 Å². The number of hydrogen-bond acceptors (Lipinski definition) is 3. The molecule has 5 atom stereocenters. The number of piperidine rings is 1. The zero-order valence-electron chi connectivity index (χ0n) is 10.7. The second kappa shape index (κ2) is 4.72. The van der Waals surface area contributed by atoms with Gasteiger partial charge < -0.3 is 10.2 Å². The molecule has 0 radical (unpaired) electrons. The number of benzene rings is 1. The highest BCUT2D eigenvalue weighted by atomic mass is 19.4. The lowest BCUT2D eigenvalue weighted by Gasteiger charge is -2.40. The Morgan fingerprint density at radius 3 is 2.35 bits per heavy atom. The van der Waals surface area contributed by atoms with Gasteiger partial charge in [0.25, 0.3) is 0 Å². The Morgan fingerprint density at radius 1 is 1.10 bits per heavy atom. The highest BCUT2D eigenvalue weighted by Crippen LogP contribution is 2.49. The van der Waals surface area contributed by atoms with E-state index in [0.717, 1.165) is 5.56 Å². The minimum atomic E-state index is -4.39. The van der Waals surface area contributed by atoms with Gasteiger partial charge in [0, 0.05) is 18.5 Å². The first-order valence-corrected chi connectivity index (χ1v) is 6.62. The molecule has 1 saturated heterocycles. The van der Waals surface area contributed by atoms with Crippen molar-refractivity contribution in [3.63, 3.8) is 0 Å². The molecule has 20 heavy (non-hydrogen) atoms. The Labute approximate surface area is 114 Å². The quantitative estimate of drug-likeness (QED) is 0.867. The molecule has 6 heteroatoms. The van der Waals surface area contributed by atoms with Crippen molar-refractivity contribution in [2.75, 3.05) is 0 Å². The van der Waals surface area contributed by atoms with E-state index in [1.54, 1.807) is 30.3 Å². The molecule has 2 aliphatic rings. The van der Waals surface area contributed by atoms with E-state index in [1.165, 1.54) is 4.90 Å². The van der Waals surface area contributed by atoms with Crippen molar-refractivity contribution in [3.8, 4) is 0 Å². The second-order valence-electron chi connectivity index (χ2n) is 5.59. The zero-order valence-corrected chi connectivity index (χ0v) is 10.7. The van der Waals surface area contributed by atoms with Gasteiger partial charge in [0.1, 0.15) is 6.04 Å². The maximum absolute atomic E-state index is 13.2. The van der Waals surface area contributed by atoms with Crippen molar-refractivity contribution in [2.45, 2.75) is 43.4 Å². The molecule has 0 aromatic heterocycles. The van der Waals surface area contributed by atoms with Gasteiger partial charge in [-0.25, -0.2) is 0 Å². The van der Waals surface area contributed by atoms with Crippen LogP contribution in [0.3, 0.4) is 0 Å². The average molecular weight is 287 g/mol. The lowest BCUT2D eigenvalue weighted by atomic mass is 9.93. The van der Waals surface area contributed by atoms with Crippen molar-refractivity contribution in [1.82, 2.24) is 4.90 Å². The third-order valence-electron chi connectivity index (χ3n) is 4.43. The molecule has 1 aromatic rings. The van der Waals surface area contributed by atoms with Crippen LogP contribution < -0.4 is 0 Å². The monoisotopic (exact) mass is 287 g/mol. The van der Waals surface area contributed by atoms with Crippen LogP contribution in [-0.2, 0) is 6.54 Å². The van der Waals surface area contributed by atoms with E-state index in [2.05, 4.69) is 0 Å². The van der Waals surface area contributed by atoms with Crippen LogP contribution in [0.15, 0.2) is 30.3 Å². The van der Waals surface area contributed by atoms with E-state index in [9.17, 15) is 23.4 Å². The number of nitrogens with zero attached hydrogens (tertiary/aromatic N) is 1. The topological polar surface area (TPSA) is 43.7 Å². The van der Waals surface area contributed by atoms with E-state index in [-0.39, 0.29) is 13.0 Å². The summed E-state index contributed by atoms with van der Waals surface area (Å²) in [6, 6.07) is 6.59. The molecular weight excluding hydrogens is 271 g/mol. The molecule has 110 valence electrons. The van der Waals surface area contributed by atoms with E-state index in [4.69, 9.17) is 0 Å². The first kappa shape index (κ1) is 13.9. The average Bonchev–Trinajstić information content (AvgIpc) is 2.88. The Morgan fingerprint density at radius 2 is 1.75 bits per heavy atom. The van der Waals surface area contributed by atoms with Crippen LogP contribution in [0.1, 0.15) is 12.0 Å². The Hall–Kier alpha value is -1.11. The van der Waals surface area contributed by atoms with E-state index < -0.39 is 36.4 Å². The predicted octanol–water partition coefficient (Wildman–Crippen LogP) is 1.54. The summed E-state index contributed by atoms with van der Waals surface area (Å²) >= 11 is 0. The minimum Gasteiger partial charge on any atom is -0.390 e. The third kappa shape index (κ3) is 2.12. The van der Waals surface area contributed by atoms with Gasteiger partial charge in [-0.15, -0.1) is 0 Å². The number of hydrogen-bond donors (Lipinski definition) is 2. The molecular formula is C14H16F3NO2. The molecule has 1 saturated carbocycles. The van der Waals surface area contributed by atoms with Crippen LogP contribution in [0.2, 0.25) is 0 Å². The van der Waals surface area contributed by atoms with Crippen LogP contribution >= 0.6 is 0 Å². The summed E-state index contributed by atoms with van der Waals surface area (Å²) in [6.45, 7) is 0.135. The highest BCUT2D eigenvalue weighted by molar-refractivity contribution is 5.18. The maximum Gasteiger partial charge on any atom is 0.404 e. The number of alkyl halides is 3. The summed E-state index contributed by atoms with van der Waals surface area (Å²) in [5.74, 6) is -0.932. The molecule has 1 aromatic carbocycles. The Bertz CT molecular complexity index is 479. The van der Waals surface area contributed by atoms with Gasteiger partial charge >= 0.3 is 6.18 Å². The highest BCUT2D eigenvalue weighted by Gasteiger charge is 2.64. The normalized spacial score (nSPS) is 37.5. The van der Waals surface area contributed by atoms with Crippen LogP contribution in [0, 0.1) is 5.92 Å². The number of likely N-dealkylation sites (tertiary alicyclic amines) is 1. The van der Waals surface area contributed by atoms with Crippen molar-refractivity contribution >= 4 is 0 Å². The molecule has 2 fully saturated rings. The number of aliphatic hydroxyl groups is 2. The second-order valence-corrected chi connectivity index (χ2v) is 5.59. The fourth-order valence-electron chi connectivity index (χ4n) is 3.58. The van der Waals surface area contributed by atoms with Gasteiger partial charge in [-0.1, -0.05) is 30.3 Å². The molecule has 0 amide bonds. The van der Waals surface area contributed by atoms with E-state index >= 15 is 0 Å². The van der Waals surface area contributed by atoms with Gasteiger partial charge in [-0.3, -0.25) is 4.90 Å². The molecule has 3 nitrogen and oxygen atoms in total. The number of fused-ring (bicyclic) bond motifs is 2. The van der Waals surface area contributed by atoms with Crippen LogP contribution in [0.4, 0.5) is 13.2 Å². The van der Waals surface area contributed by atoms with Gasteiger partial charge in [0.15, 0.2) is 0 Å². The van der Waals surface area contributed by atoms with Crippen LogP contribution in [0.25, 0.3) is 0 Å². The molecule has 4 unspecified atom stereocenters. The fourth-order valence-corrected chi connectivity index (χ4v) is 3.58. The molecule has 1 aliphatic heterocycles. The molecule has 3 rings (SSSR count). The lowest BCUT2D eigenvalue weighted by Crippen LogP contribution is -2.58. The van der Waals surface area contributed by atoms with E-state index in [0.29, 0.717) is 0 Å². The molecule has 2 bridgehead atoms. The van der Waals surface area contributed by atoms with Crippen molar-refractivity contribution < 1.29 is 23.4 Å². The maximum atomic E-state index is 13.2. The summed E-state index contributed by atoms with van der Waals surface area (Å²) in [5.41, 5.74) is 0.774. The molecule has 1 aliphatic carbocycles. The Kier molecular flexibility index (Phi) is 3.27. The minimum absolute atomic E-state index is 0.135. The Balaban J connectivity index is 1.88. The standard InChI is InChI=1S/C14H16F3NO2/c15-14(16,17)13-9-6-10(12(20)11(9)19)18(13)7-8-4-2-1-3-5-8/h1-5,9-13,19-20H,6-7H2/t9?,10?,11?,12?,13-/m0/s1. The first-order chi connectivity index (χ1) is 9.39. The van der Waals surface area contributed by atoms with Gasteiger partial charge in [-0.2, -0.15) is 13.2 Å². The zero-order chi connectivity index (χ0) is 14.5. The summed E-state index contributed by atoms with van der Waals surface area (Å²) in [4.78, 5) is 1.29. The summed E-state index contributed by atoms with van der Waals surface area (Å²) in [6.07, 6.45) is -6.57. The smallest absolute Gasteiger partial charge is 0.390 e.